The van der Waals surface area contributed by atoms with E-state index in [0.717, 1.165) is 30.8 Å². The lowest BCUT2D eigenvalue weighted by Crippen LogP contribution is -2.35. The van der Waals surface area contributed by atoms with Gasteiger partial charge in [0.1, 0.15) is 17.1 Å². The molecule has 0 aliphatic carbocycles. The van der Waals surface area contributed by atoms with Gasteiger partial charge < -0.3 is 20.5 Å². The molecule has 0 bridgehead atoms. The highest BCUT2D eigenvalue weighted by molar-refractivity contribution is 5.95. The summed E-state index contributed by atoms with van der Waals surface area (Å²) >= 11 is 0. The number of aryl methyl sites for hydroxylation is 1. The molecular weight excluding hydrogens is 451 g/mol. The van der Waals surface area contributed by atoms with Crippen LogP contribution in [0.2, 0.25) is 0 Å². The number of aromatic nitrogens is 6. The third kappa shape index (κ3) is 4.03. The number of nitrogen functional groups attached to an aromatic ring is 1. The number of anilines is 2. The number of ether oxygens (including phenoxy) is 1. The zero-order valence-electron chi connectivity index (χ0n) is 20.7. The van der Waals surface area contributed by atoms with E-state index in [2.05, 4.69) is 20.1 Å². The zero-order chi connectivity index (χ0) is 25.1. The van der Waals surface area contributed by atoms with Gasteiger partial charge in [-0.15, -0.1) is 5.10 Å². The van der Waals surface area contributed by atoms with Crippen LogP contribution in [-0.4, -0.2) is 60.3 Å². The van der Waals surface area contributed by atoms with Crippen molar-refractivity contribution < 1.29 is 14.2 Å². The molecule has 0 radical (unpaired) electrons. The van der Waals surface area contributed by atoms with Gasteiger partial charge in [-0.05, 0) is 46.6 Å². The maximum absolute atomic E-state index is 14.3. The Hall–Kier alpha value is -3.47. The quantitative estimate of drug-likeness (QED) is 0.445. The molecule has 0 saturated carbocycles. The predicted molar refractivity (Wildman–Crippen MR) is 131 cm³/mol. The summed E-state index contributed by atoms with van der Waals surface area (Å²) in [5, 5.41) is 20.2. The van der Waals surface area contributed by atoms with Gasteiger partial charge >= 0.3 is 0 Å². The van der Waals surface area contributed by atoms with E-state index in [9.17, 15) is 9.50 Å². The molecule has 1 aromatic carbocycles. The van der Waals surface area contributed by atoms with Crippen molar-refractivity contribution in [2.75, 3.05) is 30.8 Å². The third-order valence-electron chi connectivity index (χ3n) is 7.00. The Morgan fingerprint density at radius 3 is 2.74 bits per heavy atom. The summed E-state index contributed by atoms with van der Waals surface area (Å²) in [4.78, 5) is 11.5. The van der Waals surface area contributed by atoms with Crippen LogP contribution in [0.3, 0.4) is 0 Å². The van der Waals surface area contributed by atoms with Crippen molar-refractivity contribution in [3.05, 3.63) is 35.7 Å². The normalized spacial score (nSPS) is 17.9. The molecule has 186 valence electrons. The Morgan fingerprint density at radius 2 is 2.03 bits per heavy atom. The fraction of sp³-hybridized carbons (Fsp3) is 0.500. The first-order valence-electron chi connectivity index (χ1n) is 11.8. The average molecular weight is 483 g/mol. The molecule has 3 N–H and O–H groups in total. The number of hydrogen-bond donors (Lipinski definition) is 2. The van der Waals surface area contributed by atoms with Crippen LogP contribution in [0.4, 0.5) is 16.0 Å². The molecule has 0 spiro atoms. The Morgan fingerprint density at radius 1 is 1.26 bits per heavy atom. The van der Waals surface area contributed by atoms with Gasteiger partial charge in [0.05, 0.1) is 35.5 Å². The maximum Gasteiger partial charge on any atom is 0.223 e. The Bertz CT molecular complexity index is 1410. The summed E-state index contributed by atoms with van der Waals surface area (Å²) in [6.07, 6.45) is 3.88. The fourth-order valence-electron chi connectivity index (χ4n) is 4.72. The van der Waals surface area contributed by atoms with Crippen LogP contribution in [-0.2, 0) is 0 Å². The highest BCUT2D eigenvalue weighted by Crippen LogP contribution is 2.34. The summed E-state index contributed by atoms with van der Waals surface area (Å²) < 4.78 is 22.9. The van der Waals surface area contributed by atoms with Crippen molar-refractivity contribution >= 4 is 28.2 Å². The molecule has 1 fully saturated rings. The summed E-state index contributed by atoms with van der Waals surface area (Å²) in [6, 6.07) is 2.49. The van der Waals surface area contributed by atoms with Crippen LogP contribution in [0.15, 0.2) is 18.3 Å². The minimum Gasteiger partial charge on any atom is -0.494 e. The van der Waals surface area contributed by atoms with Gasteiger partial charge in [0.25, 0.3) is 0 Å². The third-order valence-corrected chi connectivity index (χ3v) is 7.00. The Kier molecular flexibility index (Phi) is 5.54. The number of aliphatic hydroxyl groups is 1. The SMILES string of the molecule is COc1cc(F)cc2c1nc(N)n1nc([C@@H]3CCCN(c4cn(C(C)C(C)(C)O)nc4C)C3)nc21. The second kappa shape index (κ2) is 8.33. The first-order chi connectivity index (χ1) is 16.6. The van der Waals surface area contributed by atoms with Gasteiger partial charge in [-0.3, -0.25) is 4.68 Å². The van der Waals surface area contributed by atoms with E-state index >= 15 is 0 Å². The van der Waals surface area contributed by atoms with Crippen LogP contribution in [0.5, 0.6) is 5.75 Å². The lowest BCUT2D eigenvalue weighted by atomic mass is 9.97. The van der Waals surface area contributed by atoms with Gasteiger partial charge in [0, 0.05) is 31.3 Å². The highest BCUT2D eigenvalue weighted by atomic mass is 19.1. The number of nitrogens with zero attached hydrogens (tertiary/aromatic N) is 7. The van der Waals surface area contributed by atoms with E-state index in [1.54, 1.807) is 13.8 Å². The molecule has 1 saturated heterocycles. The molecule has 35 heavy (non-hydrogen) atoms. The minimum absolute atomic E-state index is 0.0583. The molecule has 1 unspecified atom stereocenters. The highest BCUT2D eigenvalue weighted by Gasteiger charge is 2.30. The smallest absolute Gasteiger partial charge is 0.223 e. The molecule has 4 aromatic rings. The second-order valence-electron chi connectivity index (χ2n) is 9.87. The van der Waals surface area contributed by atoms with E-state index < -0.39 is 11.4 Å². The van der Waals surface area contributed by atoms with E-state index in [0.29, 0.717) is 34.7 Å². The molecule has 0 amide bonds. The Balaban J connectivity index is 1.49. The molecule has 3 aromatic heterocycles. The first kappa shape index (κ1) is 23.3. The topological polar surface area (TPSA) is 120 Å². The van der Waals surface area contributed by atoms with E-state index in [1.807, 2.05) is 24.7 Å². The number of fused-ring (bicyclic) bond motifs is 3. The van der Waals surface area contributed by atoms with Gasteiger partial charge in [0.2, 0.25) is 5.95 Å². The van der Waals surface area contributed by atoms with Crippen molar-refractivity contribution in [1.29, 1.82) is 0 Å². The maximum atomic E-state index is 14.3. The molecule has 5 rings (SSSR count). The van der Waals surface area contributed by atoms with Crippen molar-refractivity contribution in [2.45, 2.75) is 58.1 Å². The van der Waals surface area contributed by atoms with Crippen LogP contribution in [0, 0.1) is 12.7 Å². The molecule has 11 heteroatoms. The second-order valence-corrected chi connectivity index (χ2v) is 9.87. The molecule has 4 heterocycles. The molecule has 1 aliphatic heterocycles. The van der Waals surface area contributed by atoms with E-state index in [1.165, 1.54) is 23.8 Å². The van der Waals surface area contributed by atoms with Crippen LogP contribution >= 0.6 is 0 Å². The molecule has 1 aliphatic rings. The van der Waals surface area contributed by atoms with Crippen LogP contribution in [0.1, 0.15) is 57.1 Å². The van der Waals surface area contributed by atoms with Crippen LogP contribution in [0.25, 0.3) is 16.6 Å². The first-order valence-corrected chi connectivity index (χ1v) is 11.8. The Labute approximate surface area is 202 Å². The number of piperidine rings is 1. The molecular formula is C24H31FN8O2. The van der Waals surface area contributed by atoms with Gasteiger partial charge in [0.15, 0.2) is 11.5 Å². The standard InChI is InChI=1S/C24H31FN8O2/c1-13-18(12-32(29-13)14(2)24(3,4)34)31-8-6-7-15(11-31)21-28-22-17-9-16(25)10-19(35-5)20(17)27-23(26)33(22)30-21/h9-10,12,14-15,34H,6-8,11H2,1-5H3,(H2,26,27)/t14?,15-/m1/s1. The van der Waals surface area contributed by atoms with E-state index in [4.69, 9.17) is 15.5 Å². The summed E-state index contributed by atoms with van der Waals surface area (Å²) in [7, 11) is 1.47. The average Bonchev–Trinajstić information content (AvgIpc) is 3.43. The monoisotopic (exact) mass is 482 g/mol. The minimum atomic E-state index is -0.889. The predicted octanol–water partition coefficient (Wildman–Crippen LogP) is 3.23. The number of hydrogen-bond acceptors (Lipinski definition) is 8. The van der Waals surface area contributed by atoms with E-state index in [-0.39, 0.29) is 17.9 Å². The fourth-order valence-corrected chi connectivity index (χ4v) is 4.72. The number of benzene rings is 1. The van der Waals surface area contributed by atoms with Crippen LogP contribution < -0.4 is 15.4 Å². The van der Waals surface area contributed by atoms with Crippen molar-refractivity contribution in [3.63, 3.8) is 0 Å². The zero-order valence-corrected chi connectivity index (χ0v) is 20.7. The summed E-state index contributed by atoms with van der Waals surface area (Å²) in [5.74, 6) is 0.734. The number of rotatable bonds is 5. The summed E-state index contributed by atoms with van der Waals surface area (Å²) in [5.41, 5.74) is 8.15. The van der Waals surface area contributed by atoms with Gasteiger partial charge in [-0.2, -0.15) is 9.61 Å². The summed E-state index contributed by atoms with van der Waals surface area (Å²) in [6.45, 7) is 9.11. The molecule has 2 atom stereocenters. The van der Waals surface area contributed by atoms with Gasteiger partial charge in [-0.1, -0.05) is 0 Å². The number of methoxy groups -OCH3 is 1. The number of halogens is 1. The number of nitrogens with two attached hydrogens (primary N) is 1. The van der Waals surface area contributed by atoms with Gasteiger partial charge in [-0.25, -0.2) is 14.4 Å². The largest absolute Gasteiger partial charge is 0.494 e. The lowest BCUT2D eigenvalue weighted by Gasteiger charge is -2.32. The lowest BCUT2D eigenvalue weighted by molar-refractivity contribution is 0.0257. The van der Waals surface area contributed by atoms with Crippen molar-refractivity contribution in [3.8, 4) is 5.75 Å². The molecule has 10 nitrogen and oxygen atoms in total. The van der Waals surface area contributed by atoms with Crippen molar-refractivity contribution in [1.82, 2.24) is 29.4 Å². The van der Waals surface area contributed by atoms with Crippen molar-refractivity contribution in [2.24, 2.45) is 0 Å².